The molecule has 0 aliphatic carbocycles. The van der Waals surface area contributed by atoms with Crippen LogP contribution in [0.2, 0.25) is 0 Å². The number of amides is 2. The monoisotopic (exact) mass is 606 g/mol. The Kier molecular flexibility index (Phi) is 9.23. The molecular formula is C27H32F6N4O5. The Labute approximate surface area is 238 Å². The third-order valence-corrected chi connectivity index (χ3v) is 5.90. The molecule has 9 nitrogen and oxygen atoms in total. The highest BCUT2D eigenvalue weighted by atomic mass is 19.4. The van der Waals surface area contributed by atoms with Crippen LogP contribution in [0.25, 0.3) is 0 Å². The van der Waals surface area contributed by atoms with E-state index < -0.39 is 89.7 Å². The van der Waals surface area contributed by atoms with E-state index in [0.717, 1.165) is 9.47 Å². The van der Waals surface area contributed by atoms with Gasteiger partial charge in [-0.05, 0) is 59.6 Å². The first-order valence-corrected chi connectivity index (χ1v) is 13.0. The van der Waals surface area contributed by atoms with Crippen molar-refractivity contribution in [1.29, 1.82) is 0 Å². The Balaban J connectivity index is 1.89. The molecule has 1 N–H and O–H groups in total. The number of hydrogen-bond acceptors (Lipinski definition) is 6. The average molecular weight is 607 g/mol. The molecule has 232 valence electrons. The van der Waals surface area contributed by atoms with E-state index in [2.05, 4.69) is 10.3 Å². The summed E-state index contributed by atoms with van der Waals surface area (Å²) in [6, 6.07) is -0.252. The van der Waals surface area contributed by atoms with Crippen molar-refractivity contribution in [3.63, 3.8) is 0 Å². The van der Waals surface area contributed by atoms with Crippen LogP contribution >= 0.6 is 0 Å². The Morgan fingerprint density at radius 2 is 1.52 bits per heavy atom. The van der Waals surface area contributed by atoms with Crippen LogP contribution in [0.4, 0.5) is 31.1 Å². The van der Waals surface area contributed by atoms with Crippen molar-refractivity contribution >= 4 is 18.0 Å². The highest BCUT2D eigenvalue weighted by Gasteiger charge is 2.42. The van der Waals surface area contributed by atoms with Gasteiger partial charge in [-0.15, -0.1) is 0 Å². The normalized spacial score (nSPS) is 14.7. The number of nitrogens with one attached hydrogen (secondary N) is 1. The Hall–Kier alpha value is -3.78. The van der Waals surface area contributed by atoms with Gasteiger partial charge in [0, 0.05) is 31.6 Å². The molecule has 15 heteroatoms. The van der Waals surface area contributed by atoms with Gasteiger partial charge < -0.3 is 24.3 Å². The number of esters is 1. The fraction of sp³-hybridized carbons (Fsp3) is 0.556. The third-order valence-electron chi connectivity index (χ3n) is 5.90. The summed E-state index contributed by atoms with van der Waals surface area (Å²) in [6.07, 6.45) is -6.82. The smallest absolute Gasteiger partial charge is 0.449 e. The predicted octanol–water partition coefficient (Wildman–Crippen LogP) is 5.14. The number of carbonyl (C=O) groups excluding carboxylic acids is 3. The minimum absolute atomic E-state index is 0.195. The van der Waals surface area contributed by atoms with Crippen LogP contribution in [-0.2, 0) is 40.0 Å². The van der Waals surface area contributed by atoms with Crippen LogP contribution < -0.4 is 5.32 Å². The number of alkyl halides is 3. The van der Waals surface area contributed by atoms with Gasteiger partial charge in [-0.1, -0.05) is 0 Å². The number of hydrogen-bond donors (Lipinski definition) is 1. The van der Waals surface area contributed by atoms with Crippen molar-refractivity contribution < 1.29 is 50.2 Å². The molecule has 1 atom stereocenters. The van der Waals surface area contributed by atoms with Crippen molar-refractivity contribution in [3.8, 4) is 0 Å². The summed E-state index contributed by atoms with van der Waals surface area (Å²) in [5, 5.41) is 2.42. The van der Waals surface area contributed by atoms with E-state index in [9.17, 15) is 40.7 Å². The van der Waals surface area contributed by atoms with Gasteiger partial charge in [0.15, 0.2) is 17.3 Å². The molecule has 2 heterocycles. The molecule has 1 unspecified atom stereocenters. The molecule has 1 aromatic heterocycles. The van der Waals surface area contributed by atoms with Gasteiger partial charge in [0.2, 0.25) is 11.7 Å². The molecule has 1 aliphatic heterocycles. The summed E-state index contributed by atoms with van der Waals surface area (Å²) in [6.45, 7) is 8.31. The molecular weight excluding hydrogens is 574 g/mol. The fourth-order valence-corrected chi connectivity index (χ4v) is 4.26. The number of imidazole rings is 1. The topological polar surface area (TPSA) is 103 Å². The van der Waals surface area contributed by atoms with Gasteiger partial charge >= 0.3 is 18.2 Å². The Morgan fingerprint density at radius 1 is 0.929 bits per heavy atom. The number of benzene rings is 1. The summed E-state index contributed by atoms with van der Waals surface area (Å²) >= 11 is 0. The van der Waals surface area contributed by atoms with Crippen LogP contribution in [0, 0.1) is 17.5 Å². The highest BCUT2D eigenvalue weighted by Crippen LogP contribution is 2.33. The van der Waals surface area contributed by atoms with E-state index in [1.807, 2.05) is 0 Å². The number of halogens is 6. The molecule has 1 aliphatic rings. The zero-order valence-corrected chi connectivity index (χ0v) is 23.9. The highest BCUT2D eigenvalue weighted by molar-refractivity contribution is 5.89. The molecule has 0 saturated heterocycles. The molecule has 2 amide bonds. The zero-order chi connectivity index (χ0) is 31.8. The average Bonchev–Trinajstić information content (AvgIpc) is 3.20. The van der Waals surface area contributed by atoms with Crippen molar-refractivity contribution in [3.05, 3.63) is 52.4 Å². The van der Waals surface area contributed by atoms with E-state index in [-0.39, 0.29) is 24.3 Å². The lowest BCUT2D eigenvalue weighted by atomic mass is 10.0. The summed E-state index contributed by atoms with van der Waals surface area (Å²) in [5.74, 6) is -6.98. The maximum absolute atomic E-state index is 14.4. The number of aromatic nitrogens is 2. The van der Waals surface area contributed by atoms with E-state index in [0.29, 0.717) is 12.1 Å². The second-order valence-electron chi connectivity index (χ2n) is 11.8. The SMILES string of the molecule is CC(C)(C)OC(=O)NC(CC(=O)N1CCn2c(C(F)(F)F)nc(C(=O)OC(C)(C)C)c2C1)Cc1cc(F)c(F)cc1F. The fourth-order valence-electron chi connectivity index (χ4n) is 4.26. The largest absolute Gasteiger partial charge is 0.455 e. The molecule has 0 saturated carbocycles. The lowest BCUT2D eigenvalue weighted by Crippen LogP contribution is -2.45. The van der Waals surface area contributed by atoms with Crippen molar-refractivity contribution in [2.45, 2.75) is 90.9 Å². The van der Waals surface area contributed by atoms with Crippen LogP contribution in [0.5, 0.6) is 0 Å². The molecule has 0 bridgehead atoms. The van der Waals surface area contributed by atoms with Gasteiger partial charge in [0.1, 0.15) is 17.0 Å². The van der Waals surface area contributed by atoms with E-state index in [4.69, 9.17) is 9.47 Å². The summed E-state index contributed by atoms with van der Waals surface area (Å²) in [5.41, 5.74) is -3.10. The second-order valence-corrected chi connectivity index (χ2v) is 11.8. The minimum atomic E-state index is -4.89. The van der Waals surface area contributed by atoms with E-state index in [1.54, 1.807) is 20.8 Å². The van der Waals surface area contributed by atoms with Crippen LogP contribution in [-0.4, -0.2) is 56.2 Å². The van der Waals surface area contributed by atoms with Crippen molar-refractivity contribution in [2.24, 2.45) is 0 Å². The van der Waals surface area contributed by atoms with E-state index in [1.165, 1.54) is 20.8 Å². The molecule has 0 fully saturated rings. The van der Waals surface area contributed by atoms with Crippen molar-refractivity contribution in [2.75, 3.05) is 6.54 Å². The number of ether oxygens (including phenoxy) is 2. The third kappa shape index (κ3) is 8.38. The molecule has 0 radical (unpaired) electrons. The van der Waals surface area contributed by atoms with E-state index >= 15 is 0 Å². The zero-order valence-electron chi connectivity index (χ0n) is 23.9. The first kappa shape index (κ1) is 32.7. The molecule has 42 heavy (non-hydrogen) atoms. The maximum atomic E-state index is 14.4. The molecule has 3 rings (SSSR count). The molecule has 2 aromatic rings. The number of rotatable bonds is 6. The summed E-state index contributed by atoms with van der Waals surface area (Å²) in [4.78, 5) is 43.2. The van der Waals surface area contributed by atoms with Crippen LogP contribution in [0.1, 0.15) is 75.5 Å². The first-order chi connectivity index (χ1) is 19.1. The number of carbonyl (C=O) groups is 3. The molecule has 0 spiro atoms. The Morgan fingerprint density at radius 3 is 2.10 bits per heavy atom. The van der Waals surface area contributed by atoms with Gasteiger partial charge in [-0.2, -0.15) is 13.2 Å². The number of nitrogens with zero attached hydrogens (tertiary/aromatic N) is 3. The first-order valence-electron chi connectivity index (χ1n) is 13.0. The minimum Gasteiger partial charge on any atom is -0.455 e. The van der Waals surface area contributed by atoms with Gasteiger partial charge in [0.25, 0.3) is 0 Å². The maximum Gasteiger partial charge on any atom is 0.449 e. The summed E-state index contributed by atoms with van der Waals surface area (Å²) in [7, 11) is 0. The lowest BCUT2D eigenvalue weighted by Gasteiger charge is -2.31. The second kappa shape index (κ2) is 11.8. The Bertz CT molecular complexity index is 1360. The quantitative estimate of drug-likeness (QED) is 0.278. The number of alkyl carbamates (subject to hydrolysis) is 1. The predicted molar refractivity (Wildman–Crippen MR) is 136 cm³/mol. The molecule has 1 aromatic carbocycles. The van der Waals surface area contributed by atoms with Crippen LogP contribution in [0.3, 0.4) is 0 Å². The number of fused-ring (bicyclic) bond motifs is 1. The summed E-state index contributed by atoms with van der Waals surface area (Å²) < 4.78 is 94.0. The van der Waals surface area contributed by atoms with Crippen molar-refractivity contribution in [1.82, 2.24) is 19.8 Å². The van der Waals surface area contributed by atoms with Gasteiger partial charge in [-0.25, -0.2) is 27.7 Å². The van der Waals surface area contributed by atoms with Gasteiger partial charge in [-0.3, -0.25) is 4.79 Å². The lowest BCUT2D eigenvalue weighted by molar-refractivity contribution is -0.148. The van der Waals surface area contributed by atoms with Gasteiger partial charge in [0.05, 0.1) is 12.2 Å². The van der Waals surface area contributed by atoms with Crippen LogP contribution in [0.15, 0.2) is 12.1 Å². The standard InChI is InChI=1S/C27H32F6N4O5/c1-25(2,3)41-22(39)21-19-13-36(7-8-37(19)23(35-21)27(31,32)33)20(38)11-15(34-24(40)42-26(4,5)6)9-14-10-17(29)18(30)12-16(14)28/h10,12,15H,7-9,11,13H2,1-6H3,(H,34,40).